The van der Waals surface area contributed by atoms with Crippen LogP contribution in [0.15, 0.2) is 75.9 Å². The van der Waals surface area contributed by atoms with Gasteiger partial charge in [-0.1, -0.05) is 60.2 Å². The van der Waals surface area contributed by atoms with E-state index in [9.17, 15) is 9.59 Å². The average molecular weight is 358 g/mol. The van der Waals surface area contributed by atoms with Gasteiger partial charge in [-0.2, -0.15) is 0 Å². The van der Waals surface area contributed by atoms with Crippen molar-refractivity contribution in [1.82, 2.24) is 0 Å². The van der Waals surface area contributed by atoms with Crippen LogP contribution in [0.25, 0.3) is 21.7 Å². The van der Waals surface area contributed by atoms with Crippen molar-refractivity contribution >= 4 is 27.7 Å². The minimum atomic E-state index is -0.456. The zero-order valence-corrected chi connectivity index (χ0v) is 14.9. The molecule has 0 saturated heterocycles. The Bertz CT molecular complexity index is 1190. The van der Waals surface area contributed by atoms with Gasteiger partial charge in [-0.05, 0) is 29.3 Å². The molecule has 0 radical (unpaired) electrons. The summed E-state index contributed by atoms with van der Waals surface area (Å²) in [6, 6.07) is 20.7. The molecule has 4 rings (SSSR count). The van der Waals surface area contributed by atoms with Crippen LogP contribution in [0, 0.1) is 6.92 Å². The Balaban J connectivity index is 1.63. The fraction of sp³-hybridized carbons (Fsp3) is 0.130. The van der Waals surface area contributed by atoms with E-state index in [1.165, 1.54) is 6.07 Å². The van der Waals surface area contributed by atoms with Crippen molar-refractivity contribution in [3.8, 4) is 0 Å². The zero-order chi connectivity index (χ0) is 18.8. The molecule has 0 aliphatic heterocycles. The van der Waals surface area contributed by atoms with Crippen molar-refractivity contribution in [3.63, 3.8) is 0 Å². The van der Waals surface area contributed by atoms with Gasteiger partial charge >= 0.3 is 11.6 Å². The highest BCUT2D eigenvalue weighted by atomic mass is 16.5. The fourth-order valence-electron chi connectivity index (χ4n) is 3.22. The van der Waals surface area contributed by atoms with Gasteiger partial charge in [0.2, 0.25) is 0 Å². The van der Waals surface area contributed by atoms with Crippen molar-refractivity contribution < 1.29 is 13.9 Å². The van der Waals surface area contributed by atoms with Crippen molar-refractivity contribution in [3.05, 3.63) is 93.8 Å². The second-order valence-corrected chi connectivity index (χ2v) is 6.57. The molecule has 0 unspecified atom stereocenters. The van der Waals surface area contributed by atoms with E-state index in [-0.39, 0.29) is 19.0 Å². The molecule has 0 aliphatic carbocycles. The van der Waals surface area contributed by atoms with Crippen LogP contribution in [-0.2, 0) is 22.6 Å². The second-order valence-electron chi connectivity index (χ2n) is 6.57. The smallest absolute Gasteiger partial charge is 0.336 e. The number of aryl methyl sites for hydroxylation is 1. The number of carbonyl (C=O) groups is 1. The molecule has 0 atom stereocenters. The summed E-state index contributed by atoms with van der Waals surface area (Å²) < 4.78 is 10.8. The van der Waals surface area contributed by atoms with Crippen LogP contribution in [0.4, 0.5) is 0 Å². The first kappa shape index (κ1) is 17.0. The topological polar surface area (TPSA) is 56.5 Å². The van der Waals surface area contributed by atoms with Gasteiger partial charge in [0.1, 0.15) is 12.2 Å². The number of ether oxygens (including phenoxy) is 1. The number of hydrogen-bond donors (Lipinski definition) is 0. The molecule has 3 aromatic carbocycles. The number of fused-ring (bicyclic) bond motifs is 3. The predicted octanol–water partition coefficient (Wildman–Crippen LogP) is 4.54. The zero-order valence-electron chi connectivity index (χ0n) is 14.9. The molecule has 1 aromatic heterocycles. The maximum atomic E-state index is 12.2. The molecule has 0 aliphatic rings. The molecule has 0 amide bonds. The van der Waals surface area contributed by atoms with E-state index in [1.807, 2.05) is 61.5 Å². The third-order valence-electron chi connectivity index (χ3n) is 4.57. The lowest BCUT2D eigenvalue weighted by atomic mass is 10.0. The van der Waals surface area contributed by atoms with Crippen LogP contribution in [-0.4, -0.2) is 5.97 Å². The first-order chi connectivity index (χ1) is 13.1. The largest absolute Gasteiger partial charge is 0.461 e. The van der Waals surface area contributed by atoms with Crippen LogP contribution in [0.5, 0.6) is 0 Å². The minimum absolute atomic E-state index is 0.0286. The molecule has 4 heteroatoms. The number of benzene rings is 3. The molecule has 27 heavy (non-hydrogen) atoms. The Morgan fingerprint density at radius 3 is 2.59 bits per heavy atom. The van der Waals surface area contributed by atoms with E-state index in [2.05, 4.69) is 0 Å². The van der Waals surface area contributed by atoms with Gasteiger partial charge in [-0.3, -0.25) is 4.79 Å². The normalized spacial score (nSPS) is 11.0. The minimum Gasteiger partial charge on any atom is -0.461 e. The third kappa shape index (κ3) is 3.60. The SMILES string of the molecule is Cc1ccc(CC(=O)OCc2cc(=O)oc3ccc4ccccc4c23)cc1. The first-order valence-corrected chi connectivity index (χ1v) is 8.76. The molecule has 4 nitrogen and oxygen atoms in total. The van der Waals surface area contributed by atoms with Crippen molar-refractivity contribution in [2.75, 3.05) is 0 Å². The van der Waals surface area contributed by atoms with E-state index in [0.717, 1.165) is 27.3 Å². The van der Waals surface area contributed by atoms with Crippen molar-refractivity contribution in [2.24, 2.45) is 0 Å². The third-order valence-corrected chi connectivity index (χ3v) is 4.57. The van der Waals surface area contributed by atoms with E-state index in [0.29, 0.717) is 11.1 Å². The molecule has 0 spiro atoms. The van der Waals surface area contributed by atoms with Gasteiger partial charge < -0.3 is 9.15 Å². The molecule has 1 heterocycles. The molecule has 4 aromatic rings. The van der Waals surface area contributed by atoms with E-state index < -0.39 is 5.63 Å². The predicted molar refractivity (Wildman–Crippen MR) is 105 cm³/mol. The van der Waals surface area contributed by atoms with Crippen LogP contribution >= 0.6 is 0 Å². The highest BCUT2D eigenvalue weighted by molar-refractivity contribution is 6.07. The monoisotopic (exact) mass is 358 g/mol. The maximum absolute atomic E-state index is 12.2. The number of carbonyl (C=O) groups excluding carboxylic acids is 1. The highest BCUT2D eigenvalue weighted by Gasteiger charge is 2.12. The van der Waals surface area contributed by atoms with Crippen LogP contribution in [0.2, 0.25) is 0 Å². The van der Waals surface area contributed by atoms with E-state index in [1.54, 1.807) is 6.07 Å². The van der Waals surface area contributed by atoms with Crippen LogP contribution in [0.1, 0.15) is 16.7 Å². The van der Waals surface area contributed by atoms with Gasteiger partial charge in [-0.25, -0.2) is 4.79 Å². The summed E-state index contributed by atoms with van der Waals surface area (Å²) in [6.45, 7) is 2.03. The molecule has 134 valence electrons. The van der Waals surface area contributed by atoms with E-state index in [4.69, 9.17) is 9.15 Å². The van der Waals surface area contributed by atoms with Gasteiger partial charge in [0.15, 0.2) is 0 Å². The summed E-state index contributed by atoms with van der Waals surface area (Å²) in [5.41, 5.74) is 2.72. The van der Waals surface area contributed by atoms with Crippen LogP contribution in [0.3, 0.4) is 0 Å². The Morgan fingerprint density at radius 1 is 1.00 bits per heavy atom. The summed E-state index contributed by atoms with van der Waals surface area (Å²) in [5, 5.41) is 2.80. The Kier molecular flexibility index (Phi) is 4.47. The van der Waals surface area contributed by atoms with Gasteiger partial charge in [-0.15, -0.1) is 0 Å². The molecule has 0 fully saturated rings. The number of rotatable bonds is 4. The number of hydrogen-bond acceptors (Lipinski definition) is 4. The molecular weight excluding hydrogens is 340 g/mol. The van der Waals surface area contributed by atoms with E-state index >= 15 is 0 Å². The molecular formula is C23H18O4. The van der Waals surface area contributed by atoms with Gasteiger partial charge in [0.25, 0.3) is 0 Å². The summed E-state index contributed by atoms with van der Waals surface area (Å²) in [6.07, 6.45) is 0.195. The summed E-state index contributed by atoms with van der Waals surface area (Å²) >= 11 is 0. The molecule has 0 N–H and O–H groups in total. The van der Waals surface area contributed by atoms with Crippen LogP contribution < -0.4 is 5.63 Å². The second kappa shape index (κ2) is 7.08. The lowest BCUT2D eigenvalue weighted by molar-refractivity contribution is -0.144. The fourth-order valence-corrected chi connectivity index (χ4v) is 3.22. The lowest BCUT2D eigenvalue weighted by Gasteiger charge is -2.10. The summed E-state index contributed by atoms with van der Waals surface area (Å²) in [7, 11) is 0. The highest BCUT2D eigenvalue weighted by Crippen LogP contribution is 2.27. The summed E-state index contributed by atoms with van der Waals surface area (Å²) in [4.78, 5) is 24.1. The van der Waals surface area contributed by atoms with Crippen molar-refractivity contribution in [1.29, 1.82) is 0 Å². The standard InChI is InChI=1S/C23H18O4/c1-15-6-8-16(9-7-15)12-21(24)26-14-18-13-22(25)27-20-11-10-17-4-2-3-5-19(17)23(18)20/h2-11,13H,12,14H2,1H3. The molecule has 0 bridgehead atoms. The molecule has 0 saturated carbocycles. The Hall–Kier alpha value is -3.40. The van der Waals surface area contributed by atoms with Crippen molar-refractivity contribution in [2.45, 2.75) is 20.0 Å². The summed E-state index contributed by atoms with van der Waals surface area (Å²) in [5.74, 6) is -0.333. The Morgan fingerprint density at radius 2 is 1.78 bits per heavy atom. The first-order valence-electron chi connectivity index (χ1n) is 8.76. The average Bonchev–Trinajstić information content (AvgIpc) is 2.67. The van der Waals surface area contributed by atoms with Gasteiger partial charge in [0, 0.05) is 17.0 Å². The number of esters is 1. The maximum Gasteiger partial charge on any atom is 0.336 e. The quantitative estimate of drug-likeness (QED) is 0.305. The van der Waals surface area contributed by atoms with Gasteiger partial charge in [0.05, 0.1) is 6.42 Å². The Labute approximate surface area is 156 Å². The lowest BCUT2D eigenvalue weighted by Crippen LogP contribution is -2.10.